The molecule has 0 N–H and O–H groups in total. The van der Waals surface area contributed by atoms with E-state index in [1.165, 1.54) is 0 Å². The summed E-state index contributed by atoms with van der Waals surface area (Å²) in [6.07, 6.45) is 1.62. The second-order valence-corrected chi connectivity index (χ2v) is 6.94. The van der Waals surface area contributed by atoms with E-state index in [4.69, 9.17) is 4.74 Å². The maximum absolute atomic E-state index is 12.4. The second kappa shape index (κ2) is 9.49. The predicted octanol–water partition coefficient (Wildman–Crippen LogP) is 5.78. The lowest BCUT2D eigenvalue weighted by Crippen LogP contribution is -1.94. The van der Waals surface area contributed by atoms with Crippen LogP contribution in [0.25, 0.3) is 10.8 Å². The largest absolute Gasteiger partial charge is 0.496 e. The standard InChI is InChI=1S/C18H14BrNO2S.C2H6/c1-22-18-10-9-13-5-2-3-8-16(13)17(18)12-20-23(21)15-7-4-6-14(19)11-15;1-2/h2-12H,1H3;1-2H3/b20-12+;. The van der Waals surface area contributed by atoms with Gasteiger partial charge >= 0.3 is 0 Å². The Hall–Kier alpha value is -1.98. The predicted molar refractivity (Wildman–Crippen MR) is 110 cm³/mol. The van der Waals surface area contributed by atoms with Crippen molar-refractivity contribution in [1.82, 2.24) is 0 Å². The number of methoxy groups -OCH3 is 1. The van der Waals surface area contributed by atoms with E-state index in [2.05, 4.69) is 20.3 Å². The molecule has 130 valence electrons. The molecule has 0 saturated carbocycles. The summed E-state index contributed by atoms with van der Waals surface area (Å²) in [6, 6.07) is 19.2. The van der Waals surface area contributed by atoms with Crippen LogP contribution in [0.15, 0.2) is 74.4 Å². The van der Waals surface area contributed by atoms with E-state index >= 15 is 0 Å². The minimum absolute atomic E-state index is 0.648. The molecule has 0 aliphatic rings. The molecule has 0 fully saturated rings. The van der Waals surface area contributed by atoms with Gasteiger partial charge in [-0.15, -0.1) is 0 Å². The zero-order chi connectivity index (χ0) is 18.2. The normalized spacial score (nSPS) is 11.8. The van der Waals surface area contributed by atoms with Crippen molar-refractivity contribution in [3.8, 4) is 5.75 Å². The number of ether oxygens (including phenoxy) is 1. The van der Waals surface area contributed by atoms with Crippen molar-refractivity contribution >= 4 is 43.9 Å². The van der Waals surface area contributed by atoms with Crippen molar-refractivity contribution in [2.24, 2.45) is 4.40 Å². The number of halogens is 1. The van der Waals surface area contributed by atoms with Gasteiger partial charge in [0.05, 0.1) is 12.0 Å². The number of fused-ring (bicyclic) bond motifs is 1. The van der Waals surface area contributed by atoms with Gasteiger partial charge in [0.1, 0.15) is 5.75 Å². The van der Waals surface area contributed by atoms with E-state index in [9.17, 15) is 4.21 Å². The SMILES string of the molecule is CC.COc1ccc2ccccc2c1/C=N/S(=O)c1cccc(Br)c1. The van der Waals surface area contributed by atoms with Crippen LogP contribution in [0, 0.1) is 0 Å². The lowest BCUT2D eigenvalue weighted by atomic mass is 10.0. The highest BCUT2D eigenvalue weighted by Gasteiger charge is 2.07. The second-order valence-electron chi connectivity index (χ2n) is 4.84. The number of rotatable bonds is 4. The third-order valence-electron chi connectivity index (χ3n) is 3.43. The Bertz CT molecular complexity index is 909. The van der Waals surface area contributed by atoms with Crippen LogP contribution in [0.5, 0.6) is 5.75 Å². The van der Waals surface area contributed by atoms with Gasteiger partial charge < -0.3 is 4.74 Å². The van der Waals surface area contributed by atoms with Crippen LogP contribution in [0.4, 0.5) is 0 Å². The average Bonchev–Trinajstić information content (AvgIpc) is 2.67. The van der Waals surface area contributed by atoms with E-state index in [1.807, 2.05) is 62.4 Å². The maximum atomic E-state index is 12.4. The smallest absolute Gasteiger partial charge is 0.172 e. The van der Waals surface area contributed by atoms with Crippen LogP contribution in [0.3, 0.4) is 0 Å². The van der Waals surface area contributed by atoms with Crippen molar-refractivity contribution in [2.45, 2.75) is 18.7 Å². The molecule has 0 spiro atoms. The summed E-state index contributed by atoms with van der Waals surface area (Å²) in [7, 11) is 0.154. The Balaban J connectivity index is 0.00000109. The zero-order valence-corrected chi connectivity index (χ0v) is 16.8. The Labute approximate surface area is 159 Å². The summed E-state index contributed by atoms with van der Waals surface area (Å²) in [4.78, 5) is 0.648. The third kappa shape index (κ3) is 4.77. The highest BCUT2D eigenvalue weighted by molar-refractivity contribution is 9.10. The molecule has 3 rings (SSSR count). The van der Waals surface area contributed by atoms with Gasteiger partial charge in [-0.2, -0.15) is 4.40 Å². The van der Waals surface area contributed by atoms with Crippen molar-refractivity contribution in [3.63, 3.8) is 0 Å². The molecule has 3 aromatic rings. The Kier molecular flexibility index (Phi) is 7.34. The molecule has 0 bridgehead atoms. The summed E-state index contributed by atoms with van der Waals surface area (Å²) in [6.45, 7) is 4.00. The molecule has 0 aromatic heterocycles. The van der Waals surface area contributed by atoms with Gasteiger partial charge in [-0.05, 0) is 35.0 Å². The lowest BCUT2D eigenvalue weighted by Gasteiger charge is -2.08. The summed E-state index contributed by atoms with van der Waals surface area (Å²) in [5.41, 5.74) is 0.828. The summed E-state index contributed by atoms with van der Waals surface area (Å²) < 4.78 is 22.9. The molecule has 0 heterocycles. The van der Waals surface area contributed by atoms with Gasteiger partial charge in [0.15, 0.2) is 11.0 Å². The van der Waals surface area contributed by atoms with Gasteiger partial charge in [0.2, 0.25) is 0 Å². The number of benzene rings is 3. The van der Waals surface area contributed by atoms with Crippen LogP contribution in [-0.2, 0) is 11.0 Å². The molecular formula is C20H20BrNO2S. The van der Waals surface area contributed by atoms with Crippen LogP contribution in [0.1, 0.15) is 19.4 Å². The average molecular weight is 418 g/mol. The number of hydrogen-bond donors (Lipinski definition) is 0. The first-order valence-electron chi connectivity index (χ1n) is 7.96. The van der Waals surface area contributed by atoms with Crippen LogP contribution in [0.2, 0.25) is 0 Å². The highest BCUT2D eigenvalue weighted by Crippen LogP contribution is 2.26. The van der Waals surface area contributed by atoms with E-state index in [1.54, 1.807) is 25.5 Å². The molecule has 0 aliphatic heterocycles. The number of nitrogens with zero attached hydrogens (tertiary/aromatic N) is 1. The quantitative estimate of drug-likeness (QED) is 0.504. The highest BCUT2D eigenvalue weighted by atomic mass is 79.9. The summed E-state index contributed by atoms with van der Waals surface area (Å²) in [5, 5.41) is 2.10. The molecule has 0 amide bonds. The molecular weight excluding hydrogens is 398 g/mol. The molecule has 0 aliphatic carbocycles. The van der Waals surface area contributed by atoms with E-state index in [0.29, 0.717) is 10.6 Å². The van der Waals surface area contributed by atoms with Gasteiger partial charge in [-0.25, -0.2) is 4.21 Å². The Morgan fingerprint density at radius 1 is 1.04 bits per heavy atom. The molecule has 3 aromatic carbocycles. The summed E-state index contributed by atoms with van der Waals surface area (Å²) >= 11 is 3.38. The zero-order valence-electron chi connectivity index (χ0n) is 14.4. The van der Waals surface area contributed by atoms with Crippen molar-refractivity contribution in [2.75, 3.05) is 7.11 Å². The fourth-order valence-electron chi connectivity index (χ4n) is 2.32. The van der Waals surface area contributed by atoms with E-state index in [-0.39, 0.29) is 0 Å². The summed E-state index contributed by atoms with van der Waals surface area (Å²) in [5.74, 6) is 0.707. The molecule has 1 unspecified atom stereocenters. The van der Waals surface area contributed by atoms with Crippen molar-refractivity contribution in [1.29, 1.82) is 0 Å². The molecule has 3 nitrogen and oxygen atoms in total. The van der Waals surface area contributed by atoms with Crippen LogP contribution >= 0.6 is 15.9 Å². The monoisotopic (exact) mass is 417 g/mol. The molecule has 0 saturated heterocycles. The van der Waals surface area contributed by atoms with Gasteiger partial charge in [0, 0.05) is 16.3 Å². The van der Waals surface area contributed by atoms with Crippen molar-refractivity contribution in [3.05, 3.63) is 70.7 Å². The van der Waals surface area contributed by atoms with Crippen molar-refractivity contribution < 1.29 is 8.95 Å². The molecule has 5 heteroatoms. The third-order valence-corrected chi connectivity index (χ3v) is 4.87. The lowest BCUT2D eigenvalue weighted by molar-refractivity contribution is 0.415. The van der Waals surface area contributed by atoms with E-state index < -0.39 is 11.0 Å². The van der Waals surface area contributed by atoms with Gasteiger partial charge in [-0.3, -0.25) is 0 Å². The van der Waals surface area contributed by atoms with Crippen LogP contribution in [-0.4, -0.2) is 17.5 Å². The Morgan fingerprint density at radius 3 is 2.52 bits per heavy atom. The number of hydrogen-bond acceptors (Lipinski definition) is 2. The maximum Gasteiger partial charge on any atom is 0.172 e. The molecule has 25 heavy (non-hydrogen) atoms. The fourth-order valence-corrected chi connectivity index (χ4v) is 3.62. The Morgan fingerprint density at radius 2 is 1.80 bits per heavy atom. The van der Waals surface area contributed by atoms with Gasteiger partial charge in [0.25, 0.3) is 0 Å². The minimum Gasteiger partial charge on any atom is -0.496 e. The van der Waals surface area contributed by atoms with Crippen LogP contribution < -0.4 is 4.74 Å². The van der Waals surface area contributed by atoms with Gasteiger partial charge in [-0.1, -0.05) is 66.2 Å². The topological polar surface area (TPSA) is 38.7 Å². The fraction of sp³-hybridized carbons (Fsp3) is 0.150. The first-order chi connectivity index (χ1) is 12.2. The molecule has 0 radical (unpaired) electrons. The first kappa shape index (κ1) is 19.3. The minimum atomic E-state index is -1.46. The molecule has 1 atom stereocenters. The van der Waals surface area contributed by atoms with E-state index in [0.717, 1.165) is 20.8 Å². The first-order valence-corrected chi connectivity index (χ1v) is 9.86.